The Morgan fingerprint density at radius 2 is 1.56 bits per heavy atom. The van der Waals surface area contributed by atoms with Crippen molar-refractivity contribution in [3.63, 3.8) is 0 Å². The lowest BCUT2D eigenvalue weighted by atomic mass is 9.92. The van der Waals surface area contributed by atoms with Crippen LogP contribution in [0.4, 0.5) is 0 Å². The van der Waals surface area contributed by atoms with Crippen LogP contribution in [0.5, 0.6) is 5.75 Å². The third-order valence-corrected chi connectivity index (χ3v) is 2.99. The van der Waals surface area contributed by atoms with Crippen LogP contribution >= 0.6 is 0 Å². The van der Waals surface area contributed by atoms with Crippen LogP contribution in [0.3, 0.4) is 0 Å². The summed E-state index contributed by atoms with van der Waals surface area (Å²) >= 11 is 0. The Bertz CT molecular complexity index is 351. The van der Waals surface area contributed by atoms with Gasteiger partial charge in [-0.3, -0.25) is 0 Å². The molecule has 2 atom stereocenters. The van der Waals surface area contributed by atoms with Gasteiger partial charge in [0, 0.05) is 6.04 Å². The molecule has 0 saturated carbocycles. The molecule has 0 aliphatic carbocycles. The van der Waals surface area contributed by atoms with Crippen molar-refractivity contribution in [2.45, 2.75) is 39.8 Å². The van der Waals surface area contributed by atoms with Crippen LogP contribution in [-0.2, 0) is 0 Å². The van der Waals surface area contributed by atoms with Gasteiger partial charge in [0.1, 0.15) is 5.75 Å². The number of nitrogens with two attached hydrogens (primary N) is 1. The van der Waals surface area contributed by atoms with E-state index in [-0.39, 0.29) is 17.7 Å². The van der Waals surface area contributed by atoms with E-state index in [4.69, 9.17) is 5.73 Å². The first-order chi connectivity index (χ1) is 7.34. The van der Waals surface area contributed by atoms with Crippen molar-refractivity contribution < 1.29 is 10.2 Å². The van der Waals surface area contributed by atoms with Gasteiger partial charge < -0.3 is 15.9 Å². The van der Waals surface area contributed by atoms with Crippen LogP contribution in [0.2, 0.25) is 0 Å². The normalized spacial score (nSPS) is 15.2. The zero-order chi connectivity index (χ0) is 12.5. The summed E-state index contributed by atoms with van der Waals surface area (Å²) in [5, 5.41) is 19.7. The molecule has 4 N–H and O–H groups in total. The lowest BCUT2D eigenvalue weighted by Crippen LogP contribution is -2.33. The summed E-state index contributed by atoms with van der Waals surface area (Å²) in [4.78, 5) is 0. The molecule has 16 heavy (non-hydrogen) atoms. The van der Waals surface area contributed by atoms with E-state index in [1.165, 1.54) is 0 Å². The van der Waals surface area contributed by atoms with Crippen molar-refractivity contribution in [1.29, 1.82) is 0 Å². The average molecular weight is 223 g/mol. The molecule has 1 aromatic carbocycles. The molecule has 0 aliphatic heterocycles. The highest BCUT2D eigenvalue weighted by Gasteiger charge is 2.21. The van der Waals surface area contributed by atoms with Crippen LogP contribution in [0.1, 0.15) is 36.6 Å². The van der Waals surface area contributed by atoms with E-state index in [1.54, 1.807) is 12.1 Å². The van der Waals surface area contributed by atoms with Crippen LogP contribution in [0.25, 0.3) is 0 Å². The lowest BCUT2D eigenvalue weighted by molar-refractivity contribution is 0.125. The Hall–Kier alpha value is -1.06. The smallest absolute Gasteiger partial charge is 0.121 e. The molecule has 1 rings (SSSR count). The van der Waals surface area contributed by atoms with E-state index in [9.17, 15) is 10.2 Å². The first-order valence-corrected chi connectivity index (χ1v) is 5.58. The van der Waals surface area contributed by atoms with Crippen LogP contribution in [0, 0.1) is 19.8 Å². The summed E-state index contributed by atoms with van der Waals surface area (Å²) in [7, 11) is 0. The van der Waals surface area contributed by atoms with Crippen molar-refractivity contribution in [1.82, 2.24) is 0 Å². The highest BCUT2D eigenvalue weighted by molar-refractivity contribution is 5.43. The molecule has 2 unspecified atom stereocenters. The largest absolute Gasteiger partial charge is 0.507 e. The second kappa shape index (κ2) is 4.85. The highest BCUT2D eigenvalue weighted by Crippen LogP contribution is 2.28. The summed E-state index contributed by atoms with van der Waals surface area (Å²) in [5.74, 6) is 0.499. The number of aliphatic hydroxyl groups is 1. The molecule has 3 nitrogen and oxygen atoms in total. The number of hydrogen-bond donors (Lipinski definition) is 3. The van der Waals surface area contributed by atoms with Crippen molar-refractivity contribution in [3.05, 3.63) is 28.8 Å². The Morgan fingerprint density at radius 3 is 1.94 bits per heavy atom. The maximum Gasteiger partial charge on any atom is 0.121 e. The molecule has 0 aromatic heterocycles. The molecule has 0 bridgehead atoms. The zero-order valence-corrected chi connectivity index (χ0v) is 10.4. The third-order valence-electron chi connectivity index (χ3n) is 2.99. The minimum atomic E-state index is -0.682. The van der Waals surface area contributed by atoms with Crippen molar-refractivity contribution in [2.75, 3.05) is 0 Å². The van der Waals surface area contributed by atoms with E-state index in [2.05, 4.69) is 0 Å². The van der Waals surface area contributed by atoms with E-state index < -0.39 is 6.10 Å². The molecule has 0 spiro atoms. The fourth-order valence-electron chi connectivity index (χ4n) is 1.75. The topological polar surface area (TPSA) is 66.5 Å². The van der Waals surface area contributed by atoms with Gasteiger partial charge in [-0.1, -0.05) is 13.8 Å². The SMILES string of the molecule is Cc1cc(C(O)C(N)C(C)C)cc(C)c1O. The standard InChI is InChI=1S/C13H21NO2/c1-7(2)11(14)13(16)10-5-8(3)12(15)9(4)6-10/h5-7,11,13,15-16H,14H2,1-4H3. The van der Waals surface area contributed by atoms with Gasteiger partial charge in [0.15, 0.2) is 0 Å². The van der Waals surface area contributed by atoms with Gasteiger partial charge in [-0.15, -0.1) is 0 Å². The van der Waals surface area contributed by atoms with Gasteiger partial charge in [0.25, 0.3) is 0 Å². The Morgan fingerprint density at radius 1 is 1.12 bits per heavy atom. The van der Waals surface area contributed by atoms with E-state index in [0.717, 1.165) is 16.7 Å². The Kier molecular flexibility index (Phi) is 3.94. The van der Waals surface area contributed by atoms with Crippen molar-refractivity contribution >= 4 is 0 Å². The monoisotopic (exact) mass is 223 g/mol. The van der Waals surface area contributed by atoms with Gasteiger partial charge in [0.05, 0.1) is 6.10 Å². The van der Waals surface area contributed by atoms with Gasteiger partial charge in [-0.2, -0.15) is 0 Å². The molecule has 90 valence electrons. The summed E-state index contributed by atoms with van der Waals surface area (Å²) in [6.07, 6.45) is -0.682. The number of phenols is 1. The third kappa shape index (κ3) is 2.54. The van der Waals surface area contributed by atoms with E-state index in [0.29, 0.717) is 0 Å². The molecule has 1 aromatic rings. The predicted molar refractivity (Wildman–Crippen MR) is 65.4 cm³/mol. The van der Waals surface area contributed by atoms with E-state index >= 15 is 0 Å². The summed E-state index contributed by atoms with van der Waals surface area (Å²) < 4.78 is 0. The minimum absolute atomic E-state index is 0.212. The number of aromatic hydroxyl groups is 1. The number of benzene rings is 1. The Labute approximate surface area is 96.9 Å². The molecule has 0 saturated heterocycles. The molecule has 0 fully saturated rings. The highest BCUT2D eigenvalue weighted by atomic mass is 16.3. The van der Waals surface area contributed by atoms with Gasteiger partial charge in [-0.25, -0.2) is 0 Å². The maximum absolute atomic E-state index is 10.1. The summed E-state index contributed by atoms with van der Waals surface area (Å²) in [6, 6.07) is 3.29. The zero-order valence-electron chi connectivity index (χ0n) is 10.4. The van der Waals surface area contributed by atoms with Gasteiger partial charge >= 0.3 is 0 Å². The van der Waals surface area contributed by atoms with Crippen LogP contribution < -0.4 is 5.73 Å². The first kappa shape index (κ1) is 13.0. The number of rotatable bonds is 3. The minimum Gasteiger partial charge on any atom is -0.507 e. The average Bonchev–Trinajstić information content (AvgIpc) is 2.22. The first-order valence-electron chi connectivity index (χ1n) is 5.58. The number of aryl methyl sites for hydroxylation is 2. The van der Waals surface area contributed by atoms with Crippen LogP contribution in [-0.4, -0.2) is 16.3 Å². The molecule has 0 radical (unpaired) electrons. The van der Waals surface area contributed by atoms with Crippen LogP contribution in [0.15, 0.2) is 12.1 Å². The maximum atomic E-state index is 10.1. The number of aliphatic hydroxyl groups excluding tert-OH is 1. The summed E-state index contributed by atoms with van der Waals surface area (Å²) in [6.45, 7) is 7.60. The molecule has 0 amide bonds. The number of phenolic OH excluding ortho intramolecular Hbond substituents is 1. The number of hydrogen-bond acceptors (Lipinski definition) is 3. The van der Waals surface area contributed by atoms with Gasteiger partial charge in [0.2, 0.25) is 0 Å². The van der Waals surface area contributed by atoms with Crippen molar-refractivity contribution in [3.8, 4) is 5.75 Å². The predicted octanol–water partition coefficient (Wildman–Crippen LogP) is 2.03. The second-order valence-electron chi connectivity index (χ2n) is 4.77. The molecular weight excluding hydrogens is 202 g/mol. The van der Waals surface area contributed by atoms with Crippen molar-refractivity contribution in [2.24, 2.45) is 11.7 Å². The Balaban J connectivity index is 3.05. The quantitative estimate of drug-likeness (QED) is 0.734. The fourth-order valence-corrected chi connectivity index (χ4v) is 1.75. The summed E-state index contributed by atoms with van der Waals surface area (Å²) in [5.41, 5.74) is 8.23. The molecule has 0 aliphatic rings. The fraction of sp³-hybridized carbons (Fsp3) is 0.538. The van der Waals surface area contributed by atoms with Gasteiger partial charge in [-0.05, 0) is 48.6 Å². The molecule has 0 heterocycles. The second-order valence-corrected chi connectivity index (χ2v) is 4.77. The molecular formula is C13H21NO2. The van der Waals surface area contributed by atoms with E-state index in [1.807, 2.05) is 27.7 Å². The molecule has 3 heteroatoms. The lowest BCUT2D eigenvalue weighted by Gasteiger charge is -2.23.